The maximum Gasteiger partial charge on any atom is 0.243 e. The molecule has 6 amide bonds. The van der Waals surface area contributed by atoms with Crippen LogP contribution in [-0.2, 0) is 60.8 Å². The number of hydrogen-bond donors (Lipinski definition) is 10. The van der Waals surface area contributed by atoms with E-state index < -0.39 is 113 Å². The number of carbonyl (C=O) groups is 10. The van der Waals surface area contributed by atoms with Crippen LogP contribution in [0, 0.1) is 17.8 Å². The average Bonchev–Trinajstić information content (AvgIpc) is 4.15. The first kappa shape index (κ1) is 73.3. The number of carbonyl (C=O) groups excluding carboxylic acids is 10. The number of aliphatic hydroxyl groups excluding tert-OH is 1. The van der Waals surface area contributed by atoms with Crippen LogP contribution in [0.5, 0.6) is 0 Å². The van der Waals surface area contributed by atoms with Crippen molar-refractivity contribution < 1.29 is 53.1 Å². The summed E-state index contributed by atoms with van der Waals surface area (Å²) < 4.78 is 0. The SMILES string of the molecule is CCCCCCCCCCCCCCCC(=O)NC(CCC(N)=O)C(=O)N[C@H](C(=O)C[C@H](C(=O)N[C@@H](C)C(=O)CCC(=O)N[C@@H](Cc1cnc[nH]1)C(=O)C[C@@H](Cc1ccccc1)C(=O)N[C@@H](CCCN=C(N)N)C(=O)CC)[C@@H](C)CC)[C@@H](C)O. The minimum atomic E-state index is -1.50. The number of nitrogens with two attached hydrogens (primary N) is 3. The van der Waals surface area contributed by atoms with Crippen LogP contribution in [0.4, 0.5) is 0 Å². The van der Waals surface area contributed by atoms with Crippen molar-refractivity contribution in [3.63, 3.8) is 0 Å². The number of amides is 6. The van der Waals surface area contributed by atoms with Gasteiger partial charge in [-0.1, -0.05) is 141 Å². The molecule has 22 heteroatoms. The molecule has 0 saturated heterocycles. The minimum Gasteiger partial charge on any atom is -0.391 e. The Morgan fingerprint density at radius 3 is 1.75 bits per heavy atom. The molecule has 470 valence electrons. The third kappa shape index (κ3) is 30.6. The molecular weight excluding hydrogens is 1070 g/mol. The Labute approximate surface area is 497 Å². The zero-order chi connectivity index (χ0) is 62.4. The summed E-state index contributed by atoms with van der Waals surface area (Å²) in [6, 6.07) is 3.18. The molecule has 1 unspecified atom stereocenters. The number of aromatic nitrogens is 2. The van der Waals surface area contributed by atoms with Crippen LogP contribution in [0.15, 0.2) is 47.8 Å². The van der Waals surface area contributed by atoms with Gasteiger partial charge in [0.2, 0.25) is 35.4 Å². The Kier molecular flexibility index (Phi) is 36.7. The van der Waals surface area contributed by atoms with Crippen LogP contribution in [-0.4, -0.2) is 122 Å². The van der Waals surface area contributed by atoms with Crippen LogP contribution in [0.25, 0.3) is 0 Å². The Hall–Kier alpha value is -6.84. The van der Waals surface area contributed by atoms with Gasteiger partial charge in [0.1, 0.15) is 12.1 Å². The summed E-state index contributed by atoms with van der Waals surface area (Å²) in [5.74, 6) is -8.10. The van der Waals surface area contributed by atoms with E-state index in [1.165, 1.54) is 77.7 Å². The highest BCUT2D eigenvalue weighted by Crippen LogP contribution is 2.23. The van der Waals surface area contributed by atoms with E-state index in [9.17, 15) is 53.1 Å². The zero-order valence-corrected chi connectivity index (χ0v) is 51.0. The van der Waals surface area contributed by atoms with E-state index >= 15 is 0 Å². The van der Waals surface area contributed by atoms with Crippen molar-refractivity contribution in [2.75, 3.05) is 6.54 Å². The van der Waals surface area contributed by atoms with Crippen LogP contribution in [0.2, 0.25) is 0 Å². The number of Topliss-reactive ketones (excluding diaryl/α,β-unsaturated/α-hetero) is 4. The van der Waals surface area contributed by atoms with Gasteiger partial charge < -0.3 is 53.9 Å². The molecule has 0 radical (unpaired) electrons. The van der Waals surface area contributed by atoms with Gasteiger partial charge in [0, 0.05) is 81.6 Å². The fourth-order valence-corrected chi connectivity index (χ4v) is 9.91. The molecular formula is C62H101N11O11. The highest BCUT2D eigenvalue weighted by molar-refractivity contribution is 5.98. The van der Waals surface area contributed by atoms with Crippen LogP contribution in [0.3, 0.4) is 0 Å². The number of hydrogen-bond acceptors (Lipinski definition) is 13. The van der Waals surface area contributed by atoms with Gasteiger partial charge in [0.05, 0.1) is 30.6 Å². The Bertz CT molecular complexity index is 2360. The molecule has 2 aromatic rings. The number of aliphatic hydroxyl groups is 1. The highest BCUT2D eigenvalue weighted by atomic mass is 16.3. The molecule has 22 nitrogen and oxygen atoms in total. The first-order valence-corrected chi connectivity index (χ1v) is 30.7. The number of rotatable bonds is 48. The summed E-state index contributed by atoms with van der Waals surface area (Å²) in [4.78, 5) is 146. The number of aromatic amines is 1. The number of benzene rings is 1. The Balaban J connectivity index is 2.10. The second kappa shape index (κ2) is 42.0. The second-order valence-corrected chi connectivity index (χ2v) is 22.5. The van der Waals surface area contributed by atoms with Crippen molar-refractivity contribution in [2.45, 2.75) is 245 Å². The zero-order valence-electron chi connectivity index (χ0n) is 51.0. The molecule has 1 aromatic carbocycles. The lowest BCUT2D eigenvalue weighted by Gasteiger charge is -2.28. The largest absolute Gasteiger partial charge is 0.391 e. The Morgan fingerprint density at radius 2 is 1.19 bits per heavy atom. The molecule has 9 atom stereocenters. The van der Waals surface area contributed by atoms with E-state index in [0.717, 1.165) is 31.2 Å². The van der Waals surface area contributed by atoms with Gasteiger partial charge >= 0.3 is 0 Å². The van der Waals surface area contributed by atoms with Crippen molar-refractivity contribution >= 4 is 64.5 Å². The van der Waals surface area contributed by atoms with Crippen LogP contribution < -0.4 is 43.8 Å². The molecule has 1 heterocycles. The molecule has 13 N–H and O–H groups in total. The fraction of sp³-hybridized carbons (Fsp3) is 0.677. The quantitative estimate of drug-likeness (QED) is 0.0227. The van der Waals surface area contributed by atoms with Crippen LogP contribution in [0.1, 0.15) is 207 Å². The maximum atomic E-state index is 14.3. The molecule has 1 aromatic heterocycles. The van der Waals surface area contributed by atoms with E-state index in [1.807, 2.05) is 25.1 Å². The minimum absolute atomic E-state index is 0.0201. The summed E-state index contributed by atoms with van der Waals surface area (Å²) in [5, 5.41) is 24.3. The first-order valence-electron chi connectivity index (χ1n) is 30.7. The number of primary amides is 1. The summed E-state index contributed by atoms with van der Waals surface area (Å²) in [7, 11) is 0. The number of nitrogens with one attached hydrogen (secondary N) is 6. The van der Waals surface area contributed by atoms with Gasteiger partial charge in [-0.15, -0.1) is 0 Å². The van der Waals surface area contributed by atoms with Crippen molar-refractivity contribution in [3.05, 3.63) is 54.1 Å². The molecule has 0 saturated carbocycles. The number of nitrogens with zero attached hydrogens (tertiary/aromatic N) is 2. The van der Waals surface area contributed by atoms with Crippen molar-refractivity contribution in [1.82, 2.24) is 36.6 Å². The number of unbranched alkanes of at least 4 members (excludes halogenated alkanes) is 12. The number of H-pyrrole nitrogens is 1. The summed E-state index contributed by atoms with van der Waals surface area (Å²) in [5.41, 5.74) is 17.6. The average molecular weight is 1180 g/mol. The van der Waals surface area contributed by atoms with Gasteiger partial charge in [0.25, 0.3) is 0 Å². The standard InChI is InChI=1S/C62H101N11O11/c1-7-10-11-12-13-14-15-16-17-18-19-20-24-29-56(80)70-49(30-32-55(63)79)61(84)73-58(43(6)74)54(78)38-47(41(4)8-2)60(83)69-42(5)52(76)31-33-57(81)71-50(37-46-39-66-40-68-46)53(77)36-45(35-44-26-22-21-23-27-44)59(82)72-48(51(75)9-3)28-25-34-67-62(64)65/h21-23,26-27,39-43,45,47-50,58,74H,7-20,24-25,28-38H2,1-6H3,(H2,63,79)(H,66,68)(H,69,83)(H,70,80)(H,71,81)(H,72,82)(H,73,84)(H4,64,65,67)/t41-,42-,43+,45+,47-,48-,49?,50-,58-/m0/s1. The molecule has 84 heavy (non-hydrogen) atoms. The lowest BCUT2D eigenvalue weighted by Crippen LogP contribution is -2.55. The number of ketones is 4. The smallest absolute Gasteiger partial charge is 0.243 e. The molecule has 0 spiro atoms. The van der Waals surface area contributed by atoms with Crippen molar-refractivity contribution in [3.8, 4) is 0 Å². The predicted molar refractivity (Wildman–Crippen MR) is 323 cm³/mol. The monoisotopic (exact) mass is 1180 g/mol. The summed E-state index contributed by atoms with van der Waals surface area (Å²) in [6.45, 7) is 10.5. The highest BCUT2D eigenvalue weighted by Gasteiger charge is 2.36. The molecule has 0 aliphatic carbocycles. The summed E-state index contributed by atoms with van der Waals surface area (Å²) >= 11 is 0. The molecule has 0 bridgehead atoms. The normalized spacial score (nSPS) is 14.4. The van der Waals surface area contributed by atoms with Crippen molar-refractivity contribution in [1.29, 1.82) is 0 Å². The lowest BCUT2D eigenvalue weighted by molar-refractivity contribution is -0.137. The van der Waals surface area contributed by atoms with Crippen LogP contribution >= 0.6 is 0 Å². The van der Waals surface area contributed by atoms with Gasteiger partial charge in [-0.3, -0.25) is 52.9 Å². The molecule has 2 rings (SSSR count). The van der Waals surface area contributed by atoms with Gasteiger partial charge in [-0.05, 0) is 57.4 Å². The van der Waals surface area contributed by atoms with E-state index in [-0.39, 0.29) is 82.5 Å². The van der Waals surface area contributed by atoms with Crippen molar-refractivity contribution in [2.24, 2.45) is 39.9 Å². The fourth-order valence-electron chi connectivity index (χ4n) is 9.91. The first-order chi connectivity index (χ1) is 40.1. The van der Waals surface area contributed by atoms with Gasteiger partial charge in [0.15, 0.2) is 29.1 Å². The van der Waals surface area contributed by atoms with E-state index in [2.05, 4.69) is 48.5 Å². The predicted octanol–water partition coefficient (Wildman–Crippen LogP) is 5.35. The molecule has 0 aliphatic rings. The Morgan fingerprint density at radius 1 is 0.583 bits per heavy atom. The van der Waals surface area contributed by atoms with Gasteiger partial charge in [-0.25, -0.2) is 4.98 Å². The van der Waals surface area contributed by atoms with E-state index in [1.54, 1.807) is 26.0 Å². The number of imidazole rings is 1. The maximum absolute atomic E-state index is 14.3. The third-order valence-corrected chi connectivity index (χ3v) is 15.3. The van der Waals surface area contributed by atoms with E-state index in [4.69, 9.17) is 17.2 Å². The third-order valence-electron chi connectivity index (χ3n) is 15.3. The lowest BCUT2D eigenvalue weighted by atomic mass is 9.84. The molecule has 0 aliphatic heterocycles. The molecule has 0 fully saturated rings. The summed E-state index contributed by atoms with van der Waals surface area (Å²) in [6.07, 6.45) is 16.0. The number of aliphatic imine (C=N–C) groups is 1. The second-order valence-electron chi connectivity index (χ2n) is 22.5. The van der Waals surface area contributed by atoms with E-state index in [0.29, 0.717) is 25.0 Å². The number of guanidine groups is 1. The van der Waals surface area contributed by atoms with Gasteiger partial charge in [-0.2, -0.15) is 0 Å². The topological polar surface area (TPSA) is 370 Å².